The third kappa shape index (κ3) is 3.62. The molecule has 1 rings (SSSR count). The fraction of sp³-hybridized carbons (Fsp3) is 0.533. The van der Waals surface area contributed by atoms with E-state index in [0.717, 1.165) is 12.7 Å². The number of aldehydes is 1. The first-order valence-electron chi connectivity index (χ1n) is 6.52. The van der Waals surface area contributed by atoms with Gasteiger partial charge in [0.1, 0.15) is 12.4 Å². The molecule has 0 bridgehead atoms. The molecular formula is C15H23NO3. The van der Waals surface area contributed by atoms with Gasteiger partial charge in [-0.25, -0.2) is 0 Å². The van der Waals surface area contributed by atoms with Gasteiger partial charge in [0.2, 0.25) is 0 Å². The molecule has 2 atom stereocenters. The lowest BCUT2D eigenvalue weighted by Gasteiger charge is -2.34. The number of benzene rings is 1. The number of aliphatic hydroxyl groups excluding tert-OH is 1. The van der Waals surface area contributed by atoms with Crippen LogP contribution in [-0.4, -0.2) is 24.6 Å². The molecule has 0 saturated heterocycles. The molecule has 0 radical (unpaired) electrons. The molecule has 3 N–H and O–H groups in total. The Balaban J connectivity index is 3.04. The van der Waals surface area contributed by atoms with Crippen LogP contribution in [0.5, 0.6) is 0 Å². The fourth-order valence-electron chi connectivity index (χ4n) is 2.09. The summed E-state index contributed by atoms with van der Waals surface area (Å²) in [5, 5.41) is 10.3. The van der Waals surface area contributed by atoms with Crippen molar-refractivity contribution >= 4 is 6.29 Å². The maximum atomic E-state index is 11.1. The van der Waals surface area contributed by atoms with Crippen LogP contribution in [0.2, 0.25) is 0 Å². The standard InChI is InChI=1S/C15H23NO3/c1-11(2)8-9-14(18)15(16,19-3)13-7-5-4-6-12(13)10-17/h4-7,10-11,14,18H,8-9,16H2,1-3H3/t14-,15-/m0/s1. The highest BCUT2D eigenvalue weighted by molar-refractivity contribution is 5.77. The van der Waals surface area contributed by atoms with Crippen molar-refractivity contribution < 1.29 is 14.6 Å². The number of hydrogen-bond donors (Lipinski definition) is 2. The van der Waals surface area contributed by atoms with E-state index in [-0.39, 0.29) is 0 Å². The van der Waals surface area contributed by atoms with Crippen molar-refractivity contribution in [2.45, 2.75) is 38.5 Å². The average molecular weight is 265 g/mol. The smallest absolute Gasteiger partial charge is 0.169 e. The summed E-state index contributed by atoms with van der Waals surface area (Å²) in [5.41, 5.74) is 5.80. The van der Waals surface area contributed by atoms with Crippen LogP contribution in [0.1, 0.15) is 42.6 Å². The molecule has 0 aliphatic heterocycles. The molecule has 4 nitrogen and oxygen atoms in total. The van der Waals surface area contributed by atoms with Gasteiger partial charge in [-0.2, -0.15) is 0 Å². The second-order valence-corrected chi connectivity index (χ2v) is 5.19. The Kier molecular flexibility index (Phi) is 5.66. The minimum absolute atomic E-state index is 0.440. The fourth-order valence-corrected chi connectivity index (χ4v) is 2.09. The van der Waals surface area contributed by atoms with E-state index in [4.69, 9.17) is 10.5 Å². The number of carbonyl (C=O) groups is 1. The predicted molar refractivity (Wildman–Crippen MR) is 74.8 cm³/mol. The van der Waals surface area contributed by atoms with E-state index >= 15 is 0 Å². The third-order valence-corrected chi connectivity index (χ3v) is 3.36. The molecule has 1 aromatic carbocycles. The SMILES string of the molecule is CO[C@@](N)(c1ccccc1C=O)[C@@H](O)CCC(C)C. The Bertz CT molecular complexity index is 420. The van der Waals surface area contributed by atoms with Crippen molar-refractivity contribution in [2.24, 2.45) is 11.7 Å². The van der Waals surface area contributed by atoms with Gasteiger partial charge in [-0.1, -0.05) is 38.1 Å². The van der Waals surface area contributed by atoms with Gasteiger partial charge >= 0.3 is 0 Å². The zero-order valence-corrected chi connectivity index (χ0v) is 11.8. The first-order valence-corrected chi connectivity index (χ1v) is 6.52. The molecule has 4 heteroatoms. The van der Waals surface area contributed by atoms with Gasteiger partial charge in [0, 0.05) is 18.2 Å². The number of ether oxygens (including phenoxy) is 1. The molecule has 0 aliphatic carbocycles. The molecule has 0 aromatic heterocycles. The number of nitrogens with two attached hydrogens (primary N) is 1. The molecule has 0 fully saturated rings. The summed E-state index contributed by atoms with van der Waals surface area (Å²) in [7, 11) is 1.44. The first kappa shape index (κ1) is 15.8. The Morgan fingerprint density at radius 2 is 2.00 bits per heavy atom. The van der Waals surface area contributed by atoms with Crippen molar-refractivity contribution in [1.29, 1.82) is 0 Å². The Morgan fingerprint density at radius 1 is 1.37 bits per heavy atom. The highest BCUT2D eigenvalue weighted by Crippen LogP contribution is 2.28. The van der Waals surface area contributed by atoms with Gasteiger partial charge in [-0.15, -0.1) is 0 Å². The first-order chi connectivity index (χ1) is 8.95. The number of methoxy groups -OCH3 is 1. The summed E-state index contributed by atoms with van der Waals surface area (Å²) in [6, 6.07) is 6.91. The van der Waals surface area contributed by atoms with Crippen LogP contribution >= 0.6 is 0 Å². The van der Waals surface area contributed by atoms with E-state index in [1.165, 1.54) is 7.11 Å². The molecule has 0 aliphatic rings. The van der Waals surface area contributed by atoms with E-state index in [0.29, 0.717) is 23.5 Å². The normalized spacial score (nSPS) is 16.1. The second kappa shape index (κ2) is 6.80. The minimum Gasteiger partial charge on any atom is -0.388 e. The highest BCUT2D eigenvalue weighted by Gasteiger charge is 2.37. The van der Waals surface area contributed by atoms with Crippen molar-refractivity contribution in [3.63, 3.8) is 0 Å². The highest BCUT2D eigenvalue weighted by atomic mass is 16.5. The van der Waals surface area contributed by atoms with Crippen LogP contribution in [-0.2, 0) is 10.5 Å². The predicted octanol–water partition coefficient (Wildman–Crippen LogP) is 2.05. The zero-order valence-electron chi connectivity index (χ0n) is 11.8. The van der Waals surface area contributed by atoms with Gasteiger partial charge in [0.25, 0.3) is 0 Å². The third-order valence-electron chi connectivity index (χ3n) is 3.36. The van der Waals surface area contributed by atoms with Crippen LogP contribution in [0.3, 0.4) is 0 Å². The van der Waals surface area contributed by atoms with E-state index in [9.17, 15) is 9.90 Å². The molecule has 106 valence electrons. The van der Waals surface area contributed by atoms with Crippen molar-refractivity contribution in [2.75, 3.05) is 7.11 Å². The molecule has 0 saturated carbocycles. The summed E-state index contributed by atoms with van der Waals surface area (Å²) >= 11 is 0. The van der Waals surface area contributed by atoms with Crippen LogP contribution in [0.25, 0.3) is 0 Å². The maximum Gasteiger partial charge on any atom is 0.169 e. The van der Waals surface area contributed by atoms with Crippen molar-refractivity contribution in [3.8, 4) is 0 Å². The van der Waals surface area contributed by atoms with Crippen molar-refractivity contribution in [3.05, 3.63) is 35.4 Å². The molecule has 0 heterocycles. The molecule has 0 spiro atoms. The van der Waals surface area contributed by atoms with E-state index in [1.807, 2.05) is 0 Å². The number of hydrogen-bond acceptors (Lipinski definition) is 4. The lowest BCUT2D eigenvalue weighted by Crippen LogP contribution is -2.50. The van der Waals surface area contributed by atoms with Gasteiger partial charge in [-0.3, -0.25) is 10.5 Å². The summed E-state index contributed by atoms with van der Waals surface area (Å²) in [5.74, 6) is 0.470. The molecule has 0 amide bonds. The van der Waals surface area contributed by atoms with E-state index in [1.54, 1.807) is 24.3 Å². The summed E-state index contributed by atoms with van der Waals surface area (Å²) in [6.45, 7) is 4.16. The minimum atomic E-state index is -1.35. The van der Waals surface area contributed by atoms with Crippen LogP contribution in [0, 0.1) is 5.92 Å². The van der Waals surface area contributed by atoms with Crippen LogP contribution in [0.15, 0.2) is 24.3 Å². The van der Waals surface area contributed by atoms with Gasteiger partial charge in [0.05, 0.1) is 0 Å². The second-order valence-electron chi connectivity index (χ2n) is 5.19. The largest absolute Gasteiger partial charge is 0.388 e. The van der Waals surface area contributed by atoms with Crippen molar-refractivity contribution in [1.82, 2.24) is 0 Å². The summed E-state index contributed by atoms with van der Waals surface area (Å²) < 4.78 is 5.33. The monoisotopic (exact) mass is 265 g/mol. The van der Waals surface area contributed by atoms with Gasteiger partial charge < -0.3 is 9.84 Å². The average Bonchev–Trinajstić information content (AvgIpc) is 2.43. The van der Waals surface area contributed by atoms with Crippen LogP contribution in [0.4, 0.5) is 0 Å². The molecule has 0 unspecified atom stereocenters. The maximum absolute atomic E-state index is 11.1. The number of carbonyl (C=O) groups excluding carboxylic acids is 1. The Labute approximate surface area is 114 Å². The molecule has 19 heavy (non-hydrogen) atoms. The Hall–Kier alpha value is -1.23. The van der Waals surface area contributed by atoms with E-state index < -0.39 is 11.8 Å². The molecular weight excluding hydrogens is 242 g/mol. The van der Waals surface area contributed by atoms with Gasteiger partial charge in [0.15, 0.2) is 5.72 Å². The summed E-state index contributed by atoms with van der Waals surface area (Å²) in [4.78, 5) is 11.1. The van der Waals surface area contributed by atoms with Gasteiger partial charge in [-0.05, 0) is 18.8 Å². The quantitative estimate of drug-likeness (QED) is 0.584. The lowest BCUT2D eigenvalue weighted by atomic mass is 9.89. The lowest BCUT2D eigenvalue weighted by molar-refractivity contribution is -0.109. The zero-order chi connectivity index (χ0) is 14.5. The number of rotatable bonds is 7. The topological polar surface area (TPSA) is 72.5 Å². The van der Waals surface area contributed by atoms with E-state index in [2.05, 4.69) is 13.8 Å². The number of aliphatic hydroxyl groups is 1. The van der Waals surface area contributed by atoms with Crippen LogP contribution < -0.4 is 5.73 Å². The summed E-state index contributed by atoms with van der Waals surface area (Å²) in [6.07, 6.45) is 1.23. The molecule has 1 aromatic rings. The Morgan fingerprint density at radius 3 is 2.53 bits per heavy atom.